The third-order valence-corrected chi connectivity index (χ3v) is 3.61. The maximum atomic E-state index is 12.3. The lowest BCUT2D eigenvalue weighted by molar-refractivity contribution is -0.384. The van der Waals surface area contributed by atoms with Gasteiger partial charge < -0.3 is 10.4 Å². The Balaban J connectivity index is 2.25. The first-order valence-electron chi connectivity index (χ1n) is 6.98. The van der Waals surface area contributed by atoms with E-state index in [2.05, 4.69) is 10.4 Å². The molecule has 1 aromatic heterocycles. The van der Waals surface area contributed by atoms with Crippen molar-refractivity contribution in [3.8, 4) is 0 Å². The van der Waals surface area contributed by atoms with Gasteiger partial charge in [0.05, 0.1) is 16.8 Å². The van der Waals surface area contributed by atoms with Gasteiger partial charge >= 0.3 is 5.97 Å². The summed E-state index contributed by atoms with van der Waals surface area (Å²) in [6.45, 7) is 4.60. The molecule has 0 aliphatic rings. The summed E-state index contributed by atoms with van der Waals surface area (Å²) in [4.78, 5) is 33.8. The van der Waals surface area contributed by atoms with Gasteiger partial charge in [-0.25, -0.2) is 4.79 Å². The van der Waals surface area contributed by atoms with Crippen LogP contribution in [0, 0.1) is 17.0 Å². The molecule has 126 valence electrons. The normalized spacial score (nSPS) is 11.1. The van der Waals surface area contributed by atoms with E-state index in [0.717, 1.165) is 0 Å². The van der Waals surface area contributed by atoms with Crippen LogP contribution in [0.2, 0.25) is 0 Å². The highest BCUT2D eigenvalue weighted by atomic mass is 16.6. The average Bonchev–Trinajstić information content (AvgIpc) is 2.96. The molecule has 0 fully saturated rings. The lowest BCUT2D eigenvalue weighted by atomic mass is 10.1. The number of carbonyl (C=O) groups excluding carboxylic acids is 1. The van der Waals surface area contributed by atoms with Crippen LogP contribution < -0.4 is 5.32 Å². The molecule has 24 heavy (non-hydrogen) atoms. The Kier molecular flexibility index (Phi) is 4.36. The molecule has 1 aromatic carbocycles. The van der Waals surface area contributed by atoms with E-state index in [0.29, 0.717) is 11.3 Å². The number of non-ortho nitro benzene ring substituents is 1. The summed E-state index contributed by atoms with van der Waals surface area (Å²) in [5, 5.41) is 26.5. The molecule has 2 aromatic rings. The summed E-state index contributed by atoms with van der Waals surface area (Å²) in [7, 11) is 0. The molecule has 0 atom stereocenters. The minimum atomic E-state index is -1.27. The third kappa shape index (κ3) is 3.24. The molecule has 0 aliphatic heterocycles. The first-order valence-corrected chi connectivity index (χ1v) is 6.98. The van der Waals surface area contributed by atoms with Crippen molar-refractivity contribution in [2.75, 3.05) is 5.32 Å². The van der Waals surface area contributed by atoms with Crippen LogP contribution in [-0.2, 0) is 10.3 Å². The lowest BCUT2D eigenvalue weighted by Gasteiger charge is -2.19. The van der Waals surface area contributed by atoms with Crippen LogP contribution in [0.5, 0.6) is 0 Å². The van der Waals surface area contributed by atoms with Crippen LogP contribution in [-0.4, -0.2) is 31.7 Å². The van der Waals surface area contributed by atoms with E-state index in [1.807, 2.05) is 0 Å². The molecule has 0 radical (unpaired) electrons. The standard InChI is InChI=1S/C15H16N4O5/c1-9-4-5-11(19(23)24)6-12(9)13(20)17-10-7-16-18(8-10)15(2,3)14(21)22/h4-8H,1-3H3,(H,17,20)(H,21,22). The SMILES string of the molecule is Cc1ccc([N+](=O)[O-])cc1C(=O)Nc1cnn(C(C)(C)C(=O)O)c1. The van der Waals surface area contributed by atoms with Gasteiger partial charge in [-0.1, -0.05) is 6.07 Å². The summed E-state index contributed by atoms with van der Waals surface area (Å²) in [5.74, 6) is -1.61. The number of aliphatic carboxylic acids is 1. The number of benzene rings is 1. The molecule has 2 N–H and O–H groups in total. The lowest BCUT2D eigenvalue weighted by Crippen LogP contribution is -2.35. The number of anilines is 1. The number of nitro groups is 1. The fourth-order valence-electron chi connectivity index (χ4n) is 1.96. The van der Waals surface area contributed by atoms with Crippen LogP contribution in [0.1, 0.15) is 29.8 Å². The van der Waals surface area contributed by atoms with Crippen molar-refractivity contribution in [1.29, 1.82) is 0 Å². The molecule has 0 saturated carbocycles. The molecular formula is C15H16N4O5. The number of carbonyl (C=O) groups is 2. The number of hydrogen-bond acceptors (Lipinski definition) is 5. The number of amides is 1. The Labute approximate surface area is 137 Å². The van der Waals surface area contributed by atoms with Gasteiger partial charge in [0.15, 0.2) is 5.54 Å². The number of nitro benzene ring substituents is 1. The van der Waals surface area contributed by atoms with Crippen LogP contribution in [0.15, 0.2) is 30.6 Å². The second-order valence-corrected chi connectivity index (χ2v) is 5.75. The highest BCUT2D eigenvalue weighted by Gasteiger charge is 2.30. The molecule has 0 spiro atoms. The van der Waals surface area contributed by atoms with Gasteiger partial charge in [-0.15, -0.1) is 0 Å². The number of nitrogens with zero attached hydrogens (tertiary/aromatic N) is 3. The zero-order valence-corrected chi connectivity index (χ0v) is 13.3. The zero-order chi connectivity index (χ0) is 18.1. The highest BCUT2D eigenvalue weighted by Crippen LogP contribution is 2.20. The highest BCUT2D eigenvalue weighted by molar-refractivity contribution is 6.05. The minimum Gasteiger partial charge on any atom is -0.479 e. The Hall–Kier alpha value is -3.23. The van der Waals surface area contributed by atoms with Crippen molar-refractivity contribution in [2.24, 2.45) is 0 Å². The molecule has 1 amide bonds. The maximum absolute atomic E-state index is 12.3. The fraction of sp³-hybridized carbons (Fsp3) is 0.267. The van der Waals surface area contributed by atoms with E-state index >= 15 is 0 Å². The van der Waals surface area contributed by atoms with Crippen molar-refractivity contribution in [3.05, 3.63) is 51.8 Å². The van der Waals surface area contributed by atoms with Crippen molar-refractivity contribution < 1.29 is 19.6 Å². The van der Waals surface area contributed by atoms with Crippen LogP contribution in [0.25, 0.3) is 0 Å². The maximum Gasteiger partial charge on any atom is 0.331 e. The summed E-state index contributed by atoms with van der Waals surface area (Å²) >= 11 is 0. The van der Waals surface area contributed by atoms with Crippen molar-refractivity contribution in [2.45, 2.75) is 26.3 Å². The van der Waals surface area contributed by atoms with Crippen LogP contribution >= 0.6 is 0 Å². The van der Waals surface area contributed by atoms with E-state index in [1.165, 1.54) is 49.1 Å². The Bertz CT molecular complexity index is 825. The largest absolute Gasteiger partial charge is 0.479 e. The van der Waals surface area contributed by atoms with E-state index in [1.54, 1.807) is 6.92 Å². The number of aryl methyl sites for hydroxylation is 1. The predicted octanol–water partition coefficient (Wildman–Crippen LogP) is 2.17. The summed E-state index contributed by atoms with van der Waals surface area (Å²) < 4.78 is 1.21. The van der Waals surface area contributed by atoms with Gasteiger partial charge in [0.1, 0.15) is 0 Å². The van der Waals surface area contributed by atoms with Gasteiger partial charge in [0.25, 0.3) is 11.6 Å². The fourth-order valence-corrected chi connectivity index (χ4v) is 1.96. The molecule has 2 rings (SSSR count). The van der Waals surface area contributed by atoms with Crippen molar-refractivity contribution in [1.82, 2.24) is 9.78 Å². The number of hydrogen-bond donors (Lipinski definition) is 2. The molecule has 1 heterocycles. The molecule has 0 aliphatic carbocycles. The second-order valence-electron chi connectivity index (χ2n) is 5.75. The average molecular weight is 332 g/mol. The summed E-state index contributed by atoms with van der Waals surface area (Å²) in [5.41, 5.74) is -0.427. The molecule has 9 nitrogen and oxygen atoms in total. The van der Waals surface area contributed by atoms with E-state index in [4.69, 9.17) is 0 Å². The predicted molar refractivity (Wildman–Crippen MR) is 85.0 cm³/mol. The number of aromatic nitrogens is 2. The van der Waals surface area contributed by atoms with Crippen LogP contribution in [0.3, 0.4) is 0 Å². The Morgan fingerprint density at radius 3 is 2.62 bits per heavy atom. The second kappa shape index (κ2) is 6.11. The quantitative estimate of drug-likeness (QED) is 0.638. The summed E-state index contributed by atoms with van der Waals surface area (Å²) in [6.07, 6.45) is 2.70. The van der Waals surface area contributed by atoms with Gasteiger partial charge in [-0.05, 0) is 26.3 Å². The third-order valence-electron chi connectivity index (χ3n) is 3.61. The molecule has 9 heteroatoms. The smallest absolute Gasteiger partial charge is 0.331 e. The number of carboxylic acids is 1. The Morgan fingerprint density at radius 2 is 2.04 bits per heavy atom. The van der Waals surface area contributed by atoms with Gasteiger partial charge in [-0.3, -0.25) is 19.6 Å². The van der Waals surface area contributed by atoms with Crippen molar-refractivity contribution >= 4 is 23.3 Å². The monoisotopic (exact) mass is 332 g/mol. The zero-order valence-electron chi connectivity index (χ0n) is 13.3. The molecule has 0 bridgehead atoms. The number of nitrogens with one attached hydrogen (secondary N) is 1. The first-order chi connectivity index (χ1) is 11.1. The molecule has 0 unspecified atom stereocenters. The van der Waals surface area contributed by atoms with Crippen LogP contribution in [0.4, 0.5) is 11.4 Å². The topological polar surface area (TPSA) is 127 Å². The van der Waals surface area contributed by atoms with Gasteiger partial charge in [-0.2, -0.15) is 5.10 Å². The molecular weight excluding hydrogens is 316 g/mol. The van der Waals surface area contributed by atoms with E-state index in [9.17, 15) is 24.8 Å². The number of carboxylic acid groups (broad SMARTS) is 1. The van der Waals surface area contributed by atoms with Gasteiger partial charge in [0, 0.05) is 23.9 Å². The molecule has 0 saturated heterocycles. The van der Waals surface area contributed by atoms with Crippen molar-refractivity contribution in [3.63, 3.8) is 0 Å². The van der Waals surface area contributed by atoms with E-state index in [-0.39, 0.29) is 11.3 Å². The first kappa shape index (κ1) is 17.1. The van der Waals surface area contributed by atoms with E-state index < -0.39 is 22.3 Å². The Morgan fingerprint density at radius 1 is 1.38 bits per heavy atom. The van der Waals surface area contributed by atoms with Gasteiger partial charge in [0.2, 0.25) is 0 Å². The minimum absolute atomic E-state index is 0.162. The number of rotatable bonds is 5. The summed E-state index contributed by atoms with van der Waals surface area (Å²) in [6, 6.07) is 4.00.